The summed E-state index contributed by atoms with van der Waals surface area (Å²) in [7, 11) is 1.61. The Morgan fingerprint density at radius 3 is 2.50 bits per heavy atom. The third kappa shape index (κ3) is 6.31. The molecule has 1 aromatic heterocycles. The van der Waals surface area contributed by atoms with Gasteiger partial charge in [0.25, 0.3) is 0 Å². The summed E-state index contributed by atoms with van der Waals surface area (Å²) in [6.45, 7) is 8.70. The topological polar surface area (TPSA) is 78.8 Å². The van der Waals surface area contributed by atoms with Crippen molar-refractivity contribution in [1.82, 2.24) is 20.9 Å². The maximum atomic E-state index is 12.1. The molecule has 7 heteroatoms. The highest BCUT2D eigenvalue weighted by molar-refractivity contribution is 5.81. The maximum absolute atomic E-state index is 12.1. The molecule has 2 heterocycles. The van der Waals surface area contributed by atoms with Crippen LogP contribution in [0.4, 0.5) is 0 Å². The zero-order chi connectivity index (χ0) is 19.6. The number of benzene rings is 1. The Morgan fingerprint density at radius 2 is 1.71 bits per heavy atom. The van der Waals surface area contributed by atoms with E-state index in [4.69, 9.17) is 9.15 Å². The molecule has 1 aliphatic heterocycles. The van der Waals surface area contributed by atoms with Crippen molar-refractivity contribution in [2.45, 2.75) is 19.4 Å². The van der Waals surface area contributed by atoms with Gasteiger partial charge in [0, 0.05) is 50.2 Å². The smallest absolute Gasteiger partial charge is 0.336 e. The molecule has 2 aromatic rings. The molecule has 0 saturated carbocycles. The van der Waals surface area contributed by atoms with Gasteiger partial charge in [-0.05, 0) is 56.7 Å². The van der Waals surface area contributed by atoms with Crippen LogP contribution in [0.3, 0.4) is 0 Å². The number of hydrogen-bond acceptors (Lipinski definition) is 7. The van der Waals surface area contributed by atoms with Gasteiger partial charge in [-0.3, -0.25) is 4.90 Å². The lowest BCUT2D eigenvalue weighted by atomic mass is 10.1. The van der Waals surface area contributed by atoms with Gasteiger partial charge in [-0.1, -0.05) is 0 Å². The van der Waals surface area contributed by atoms with Crippen LogP contribution >= 0.6 is 0 Å². The summed E-state index contributed by atoms with van der Waals surface area (Å²) in [4.78, 5) is 14.5. The van der Waals surface area contributed by atoms with Crippen molar-refractivity contribution in [2.24, 2.45) is 0 Å². The van der Waals surface area contributed by atoms with E-state index >= 15 is 0 Å². The van der Waals surface area contributed by atoms with Gasteiger partial charge < -0.3 is 25.1 Å². The minimum atomic E-state index is -0.315. The highest BCUT2D eigenvalue weighted by Gasteiger charge is 2.12. The predicted molar refractivity (Wildman–Crippen MR) is 112 cm³/mol. The largest absolute Gasteiger partial charge is 0.497 e. The van der Waals surface area contributed by atoms with Crippen molar-refractivity contribution in [2.75, 3.05) is 59.5 Å². The molecule has 7 nitrogen and oxygen atoms in total. The van der Waals surface area contributed by atoms with E-state index in [9.17, 15) is 4.79 Å². The number of ether oxygens (including phenoxy) is 1. The number of hydrogen-bond donors (Lipinski definition) is 3. The number of nitrogens with one attached hydrogen (secondary N) is 3. The lowest BCUT2D eigenvalue weighted by Gasteiger charge is -2.23. The van der Waals surface area contributed by atoms with Crippen LogP contribution in [0, 0.1) is 0 Å². The van der Waals surface area contributed by atoms with Crippen LogP contribution in [0.25, 0.3) is 11.0 Å². The van der Waals surface area contributed by atoms with E-state index in [2.05, 4.69) is 20.9 Å². The molecule has 3 N–H and O–H groups in total. The Morgan fingerprint density at radius 1 is 0.964 bits per heavy atom. The molecule has 0 atom stereocenters. The molecule has 0 aliphatic carbocycles. The molecule has 3 rings (SSSR count). The first-order valence-corrected chi connectivity index (χ1v) is 10.2. The molecule has 1 saturated heterocycles. The van der Waals surface area contributed by atoms with Gasteiger partial charge in [-0.15, -0.1) is 0 Å². The van der Waals surface area contributed by atoms with Crippen molar-refractivity contribution in [3.05, 3.63) is 40.2 Å². The van der Waals surface area contributed by atoms with Crippen molar-refractivity contribution in [3.63, 3.8) is 0 Å². The van der Waals surface area contributed by atoms with E-state index in [1.165, 1.54) is 0 Å². The van der Waals surface area contributed by atoms with E-state index < -0.39 is 0 Å². The Labute approximate surface area is 166 Å². The van der Waals surface area contributed by atoms with Crippen LogP contribution in [0.5, 0.6) is 5.75 Å². The van der Waals surface area contributed by atoms with E-state index in [1.807, 2.05) is 12.1 Å². The van der Waals surface area contributed by atoms with Crippen molar-refractivity contribution in [3.8, 4) is 5.75 Å². The second-order valence-corrected chi connectivity index (χ2v) is 7.19. The molecular weight excluding hydrogens is 356 g/mol. The fourth-order valence-corrected chi connectivity index (χ4v) is 3.53. The monoisotopic (exact) mass is 388 g/mol. The lowest BCUT2D eigenvalue weighted by molar-refractivity contribution is 0.260. The minimum absolute atomic E-state index is 0.315. The molecule has 0 unspecified atom stereocenters. The number of nitrogens with zero attached hydrogens (tertiary/aromatic N) is 1. The second kappa shape index (κ2) is 11.2. The van der Waals surface area contributed by atoms with E-state index in [1.54, 1.807) is 19.2 Å². The number of fused-ring (bicyclic) bond motifs is 1. The van der Waals surface area contributed by atoms with Crippen LogP contribution in [0.2, 0.25) is 0 Å². The normalized spacial score (nSPS) is 18.6. The Bertz CT molecular complexity index is 779. The number of methoxy groups -OCH3 is 1. The zero-order valence-electron chi connectivity index (χ0n) is 16.8. The third-order valence-electron chi connectivity index (χ3n) is 5.05. The summed E-state index contributed by atoms with van der Waals surface area (Å²) in [5, 5.41) is 11.4. The molecule has 1 aromatic carbocycles. The Balaban J connectivity index is 1.72. The van der Waals surface area contributed by atoms with Gasteiger partial charge in [-0.2, -0.15) is 0 Å². The average molecular weight is 389 g/mol. The molecule has 1 aliphatic rings. The minimum Gasteiger partial charge on any atom is -0.497 e. The second-order valence-electron chi connectivity index (χ2n) is 7.19. The summed E-state index contributed by atoms with van der Waals surface area (Å²) in [6, 6.07) is 7.29. The third-order valence-corrected chi connectivity index (χ3v) is 5.05. The van der Waals surface area contributed by atoms with E-state index in [-0.39, 0.29) is 5.63 Å². The lowest BCUT2D eigenvalue weighted by Crippen LogP contribution is -2.36. The maximum Gasteiger partial charge on any atom is 0.336 e. The van der Waals surface area contributed by atoms with Gasteiger partial charge in [0.1, 0.15) is 11.3 Å². The highest BCUT2D eigenvalue weighted by atomic mass is 16.5. The number of rotatable bonds is 3. The molecule has 0 radical (unpaired) electrons. The molecule has 1 fully saturated rings. The van der Waals surface area contributed by atoms with Crippen LogP contribution in [0.1, 0.15) is 18.4 Å². The summed E-state index contributed by atoms with van der Waals surface area (Å²) in [5.74, 6) is 0.691. The first-order chi connectivity index (χ1) is 13.8. The predicted octanol–water partition coefficient (Wildman–Crippen LogP) is 1.17. The van der Waals surface area contributed by atoms with Gasteiger partial charge in [-0.25, -0.2) is 4.79 Å². The summed E-state index contributed by atoms with van der Waals surface area (Å²) < 4.78 is 10.6. The molecule has 0 amide bonds. The van der Waals surface area contributed by atoms with Crippen molar-refractivity contribution >= 4 is 11.0 Å². The van der Waals surface area contributed by atoms with Crippen LogP contribution in [-0.4, -0.2) is 64.4 Å². The first-order valence-electron chi connectivity index (χ1n) is 10.2. The first kappa shape index (κ1) is 20.8. The molecule has 28 heavy (non-hydrogen) atoms. The van der Waals surface area contributed by atoms with E-state index in [0.29, 0.717) is 11.3 Å². The van der Waals surface area contributed by atoms with Crippen LogP contribution in [-0.2, 0) is 6.54 Å². The Kier molecular flexibility index (Phi) is 8.29. The van der Waals surface area contributed by atoms with Gasteiger partial charge >= 0.3 is 5.63 Å². The molecular formula is C21H32N4O3. The van der Waals surface area contributed by atoms with Gasteiger partial charge in [0.15, 0.2) is 0 Å². The zero-order valence-corrected chi connectivity index (χ0v) is 16.8. The fraction of sp³-hybridized carbons (Fsp3) is 0.571. The quantitative estimate of drug-likeness (QED) is 0.681. The molecule has 0 bridgehead atoms. The standard InChI is InChI=1S/C21H32N4O3/c1-27-18-4-5-19-17(14-21(26)28-20(19)15-18)16-25-12-3-8-23-10-9-22-6-2-7-24-11-13-25/h4-5,14-15,22-24H,2-3,6-13,16H2,1H3. The van der Waals surface area contributed by atoms with Crippen LogP contribution < -0.4 is 26.3 Å². The summed E-state index contributed by atoms with van der Waals surface area (Å²) in [6.07, 6.45) is 2.21. The summed E-state index contributed by atoms with van der Waals surface area (Å²) >= 11 is 0. The SMILES string of the molecule is COc1ccc2c(CN3CCCNCCNCCCNCC3)cc(=O)oc2c1. The van der Waals surface area contributed by atoms with Crippen molar-refractivity contribution in [1.29, 1.82) is 0 Å². The Hall–Kier alpha value is -1.93. The summed E-state index contributed by atoms with van der Waals surface area (Å²) in [5.41, 5.74) is 1.27. The van der Waals surface area contributed by atoms with Gasteiger partial charge in [0.2, 0.25) is 0 Å². The highest BCUT2D eigenvalue weighted by Crippen LogP contribution is 2.23. The van der Waals surface area contributed by atoms with Crippen LogP contribution in [0.15, 0.2) is 33.5 Å². The van der Waals surface area contributed by atoms with Gasteiger partial charge in [0.05, 0.1) is 7.11 Å². The van der Waals surface area contributed by atoms with Crippen molar-refractivity contribution < 1.29 is 9.15 Å². The fourth-order valence-electron chi connectivity index (χ4n) is 3.53. The molecule has 154 valence electrons. The average Bonchev–Trinajstić information content (AvgIpc) is 2.70. The van der Waals surface area contributed by atoms with E-state index in [0.717, 1.165) is 82.7 Å². The molecule has 0 spiro atoms.